The monoisotopic (exact) mass is 219 g/mol. The van der Waals surface area contributed by atoms with Crippen LogP contribution in [0.2, 0.25) is 0 Å². The van der Waals surface area contributed by atoms with E-state index in [1.165, 1.54) is 27.8 Å². The van der Waals surface area contributed by atoms with Gasteiger partial charge in [-0.15, -0.1) is 0 Å². The van der Waals surface area contributed by atoms with Gasteiger partial charge in [0, 0.05) is 11.8 Å². The summed E-state index contributed by atoms with van der Waals surface area (Å²) in [6.07, 6.45) is 7.49. The van der Waals surface area contributed by atoms with Crippen molar-refractivity contribution in [3.05, 3.63) is 58.8 Å². The van der Waals surface area contributed by atoms with Gasteiger partial charge in [0.05, 0.1) is 5.69 Å². The third kappa shape index (κ3) is 1.22. The highest BCUT2D eigenvalue weighted by atomic mass is 14.7. The standard InChI is InChI=1S/C16H13N/c1-10-2-3-13-14(10)7-12-6-11-4-5-17-16(9-11)15(13)8-12/h2-5,7-10H,6H2,1H3. The maximum Gasteiger partial charge on any atom is 0.0711 e. The maximum absolute atomic E-state index is 4.51. The molecule has 1 heteroatoms. The van der Waals surface area contributed by atoms with Crippen LogP contribution < -0.4 is 0 Å². The molecule has 2 aliphatic carbocycles. The minimum absolute atomic E-state index is 0.542. The quantitative estimate of drug-likeness (QED) is 0.560. The van der Waals surface area contributed by atoms with E-state index in [0.29, 0.717) is 5.92 Å². The average Bonchev–Trinajstić information content (AvgIpc) is 2.67. The van der Waals surface area contributed by atoms with Crippen molar-refractivity contribution in [1.29, 1.82) is 0 Å². The summed E-state index contributed by atoms with van der Waals surface area (Å²) in [4.78, 5) is 4.51. The van der Waals surface area contributed by atoms with E-state index in [1.807, 2.05) is 6.20 Å². The smallest absolute Gasteiger partial charge is 0.0711 e. The summed E-state index contributed by atoms with van der Waals surface area (Å²) in [5, 5.41) is 0. The van der Waals surface area contributed by atoms with E-state index in [0.717, 1.165) is 12.1 Å². The number of rotatable bonds is 0. The van der Waals surface area contributed by atoms with Crippen molar-refractivity contribution in [1.82, 2.24) is 4.98 Å². The predicted molar refractivity (Wildman–Crippen MR) is 69.9 cm³/mol. The number of aromatic nitrogens is 1. The molecule has 4 rings (SSSR count). The number of hydrogen-bond acceptors (Lipinski definition) is 1. The number of allylic oxidation sites excluding steroid dienone is 1. The molecule has 0 radical (unpaired) electrons. The van der Waals surface area contributed by atoms with Crippen LogP contribution in [0.1, 0.15) is 35.1 Å². The molecule has 0 spiro atoms. The topological polar surface area (TPSA) is 12.9 Å². The fourth-order valence-electron chi connectivity index (χ4n) is 2.93. The molecule has 1 unspecified atom stereocenters. The molecule has 1 aromatic carbocycles. The lowest BCUT2D eigenvalue weighted by Crippen LogP contribution is -1.93. The molecule has 0 aliphatic heterocycles. The van der Waals surface area contributed by atoms with Crippen LogP contribution >= 0.6 is 0 Å². The molecule has 17 heavy (non-hydrogen) atoms. The van der Waals surface area contributed by atoms with Gasteiger partial charge in [-0.1, -0.05) is 25.1 Å². The van der Waals surface area contributed by atoms with E-state index < -0.39 is 0 Å². The SMILES string of the molecule is CC1C=Cc2c3cc(cc21)Cc1ccnc-3c1. The summed E-state index contributed by atoms with van der Waals surface area (Å²) < 4.78 is 0. The highest BCUT2D eigenvalue weighted by molar-refractivity contribution is 5.80. The molecule has 1 aromatic heterocycles. The zero-order valence-electron chi connectivity index (χ0n) is 9.77. The van der Waals surface area contributed by atoms with Gasteiger partial charge in [-0.25, -0.2) is 0 Å². The molecule has 0 saturated carbocycles. The van der Waals surface area contributed by atoms with Crippen LogP contribution in [-0.4, -0.2) is 4.98 Å². The van der Waals surface area contributed by atoms with Gasteiger partial charge in [0.15, 0.2) is 0 Å². The Bertz CT molecular complexity index is 653. The van der Waals surface area contributed by atoms with Gasteiger partial charge in [0.1, 0.15) is 0 Å². The average molecular weight is 219 g/mol. The molecule has 2 aromatic rings. The van der Waals surface area contributed by atoms with Gasteiger partial charge < -0.3 is 0 Å². The molecule has 0 fully saturated rings. The number of pyridine rings is 1. The molecule has 0 N–H and O–H groups in total. The van der Waals surface area contributed by atoms with Crippen molar-refractivity contribution in [2.45, 2.75) is 19.3 Å². The number of benzene rings is 1. The highest BCUT2D eigenvalue weighted by Gasteiger charge is 2.20. The molecule has 1 atom stereocenters. The van der Waals surface area contributed by atoms with Crippen molar-refractivity contribution < 1.29 is 0 Å². The lowest BCUT2D eigenvalue weighted by molar-refractivity contribution is 0.984. The summed E-state index contributed by atoms with van der Waals surface area (Å²) in [6, 6.07) is 9.00. The molecule has 4 bridgehead atoms. The molecular weight excluding hydrogens is 206 g/mol. The van der Waals surface area contributed by atoms with Crippen molar-refractivity contribution >= 4 is 6.08 Å². The molecule has 1 nitrogen and oxygen atoms in total. The van der Waals surface area contributed by atoms with Crippen LogP contribution in [0.5, 0.6) is 0 Å². The third-order valence-electron chi connectivity index (χ3n) is 3.82. The number of fused-ring (bicyclic) bond motifs is 7. The Kier molecular flexibility index (Phi) is 1.66. The van der Waals surface area contributed by atoms with E-state index >= 15 is 0 Å². The summed E-state index contributed by atoms with van der Waals surface area (Å²) in [7, 11) is 0. The maximum atomic E-state index is 4.51. The fraction of sp³-hybridized carbons (Fsp3) is 0.188. The second-order valence-corrected chi connectivity index (χ2v) is 5.02. The van der Waals surface area contributed by atoms with Crippen LogP contribution in [0.3, 0.4) is 0 Å². The number of nitrogens with zero attached hydrogens (tertiary/aromatic N) is 1. The summed E-state index contributed by atoms with van der Waals surface area (Å²) in [6.45, 7) is 2.26. The Labute approximate surface area is 101 Å². The van der Waals surface area contributed by atoms with Crippen LogP contribution in [0.15, 0.2) is 36.5 Å². The third-order valence-corrected chi connectivity index (χ3v) is 3.82. The summed E-state index contributed by atoms with van der Waals surface area (Å²) >= 11 is 0. The second kappa shape index (κ2) is 3.07. The van der Waals surface area contributed by atoms with Crippen molar-refractivity contribution in [2.75, 3.05) is 0 Å². The Morgan fingerprint density at radius 1 is 1.18 bits per heavy atom. The highest BCUT2D eigenvalue weighted by Crippen LogP contribution is 2.39. The van der Waals surface area contributed by atoms with Crippen LogP contribution in [0.4, 0.5) is 0 Å². The van der Waals surface area contributed by atoms with Gasteiger partial charge in [-0.2, -0.15) is 0 Å². The number of hydrogen-bond donors (Lipinski definition) is 0. The lowest BCUT2D eigenvalue weighted by atomic mass is 9.94. The van der Waals surface area contributed by atoms with Gasteiger partial charge in [0.25, 0.3) is 0 Å². The molecule has 0 saturated heterocycles. The molecule has 1 heterocycles. The van der Waals surface area contributed by atoms with Crippen molar-refractivity contribution in [2.24, 2.45) is 0 Å². The first-order valence-corrected chi connectivity index (χ1v) is 6.11. The van der Waals surface area contributed by atoms with Crippen molar-refractivity contribution in [3.63, 3.8) is 0 Å². The molecule has 82 valence electrons. The largest absolute Gasteiger partial charge is 0.256 e. The molecule has 0 amide bonds. The normalized spacial score (nSPS) is 19.0. The van der Waals surface area contributed by atoms with E-state index in [-0.39, 0.29) is 0 Å². The zero-order chi connectivity index (χ0) is 11.4. The van der Waals surface area contributed by atoms with Gasteiger partial charge in [-0.3, -0.25) is 4.98 Å². The lowest BCUT2D eigenvalue weighted by Gasteiger charge is -2.10. The Balaban J connectivity index is 2.09. The zero-order valence-corrected chi connectivity index (χ0v) is 9.77. The van der Waals surface area contributed by atoms with Gasteiger partial charge in [0.2, 0.25) is 0 Å². The van der Waals surface area contributed by atoms with E-state index in [1.54, 1.807) is 0 Å². The van der Waals surface area contributed by atoms with Gasteiger partial charge >= 0.3 is 0 Å². The Morgan fingerprint density at radius 2 is 2.12 bits per heavy atom. The molecular formula is C16H13N. The van der Waals surface area contributed by atoms with E-state index in [9.17, 15) is 0 Å². The fourth-order valence-corrected chi connectivity index (χ4v) is 2.93. The first-order valence-electron chi connectivity index (χ1n) is 6.11. The first-order chi connectivity index (χ1) is 8.31. The Hall–Kier alpha value is -1.89. The van der Waals surface area contributed by atoms with Crippen LogP contribution in [0.25, 0.3) is 17.3 Å². The van der Waals surface area contributed by atoms with Crippen LogP contribution in [-0.2, 0) is 6.42 Å². The van der Waals surface area contributed by atoms with E-state index in [2.05, 4.69) is 48.3 Å². The Morgan fingerprint density at radius 3 is 3.06 bits per heavy atom. The summed E-state index contributed by atoms with van der Waals surface area (Å²) in [5.74, 6) is 0.542. The van der Waals surface area contributed by atoms with E-state index in [4.69, 9.17) is 0 Å². The molecule has 2 aliphatic rings. The predicted octanol–water partition coefficient (Wildman–Crippen LogP) is 3.78. The minimum Gasteiger partial charge on any atom is -0.256 e. The minimum atomic E-state index is 0.542. The summed E-state index contributed by atoms with van der Waals surface area (Å²) in [5.41, 5.74) is 8.03. The second-order valence-electron chi connectivity index (χ2n) is 5.02. The van der Waals surface area contributed by atoms with Crippen LogP contribution in [0, 0.1) is 0 Å². The first kappa shape index (κ1) is 9.17. The van der Waals surface area contributed by atoms with Gasteiger partial charge in [-0.05, 0) is 52.8 Å². The van der Waals surface area contributed by atoms with Crippen molar-refractivity contribution in [3.8, 4) is 11.3 Å².